The van der Waals surface area contributed by atoms with Gasteiger partial charge in [-0.15, -0.1) is 5.10 Å². The average Bonchev–Trinajstić information content (AvgIpc) is 2.92. The molecule has 4 rings (SSSR count). The van der Waals surface area contributed by atoms with Gasteiger partial charge in [-0.1, -0.05) is 41.9 Å². The van der Waals surface area contributed by atoms with Crippen molar-refractivity contribution in [3.63, 3.8) is 0 Å². The van der Waals surface area contributed by atoms with Gasteiger partial charge < -0.3 is 16.6 Å². The van der Waals surface area contributed by atoms with Crippen LogP contribution in [0.1, 0.15) is 40.7 Å². The van der Waals surface area contributed by atoms with Crippen molar-refractivity contribution in [2.24, 2.45) is 0 Å². The number of ketones is 1. The summed E-state index contributed by atoms with van der Waals surface area (Å²) in [6.45, 7) is 1.40. The third kappa shape index (κ3) is 7.05. The van der Waals surface area contributed by atoms with E-state index in [2.05, 4.69) is 10.4 Å². The summed E-state index contributed by atoms with van der Waals surface area (Å²) >= 11 is 6.18. The monoisotopic (exact) mass is 569 g/mol. The molecule has 11 heteroatoms. The first-order valence-corrected chi connectivity index (χ1v) is 12.2. The van der Waals surface area contributed by atoms with Gasteiger partial charge in [0.05, 0.1) is 18.2 Å². The molecule has 1 atom stereocenters. The molecule has 0 fully saturated rings. The SMILES string of the molecule is COc1nn(C(Cc2ccccc2)C(=O)Nc2ccc(C(=O)O)cc2)c(=O)cc1-c1cc(Cl)ccc1C(C)=O.[H-].[Na+]. The van der Waals surface area contributed by atoms with E-state index < -0.39 is 23.5 Å². The number of amides is 1. The molecule has 0 aliphatic heterocycles. The van der Waals surface area contributed by atoms with E-state index in [0.717, 1.165) is 10.2 Å². The second kappa shape index (κ2) is 13.5. The second-order valence-electron chi connectivity index (χ2n) is 8.67. The number of aromatic carboxylic acids is 1. The van der Waals surface area contributed by atoms with Crippen LogP contribution in [-0.4, -0.2) is 39.7 Å². The molecule has 0 spiro atoms. The summed E-state index contributed by atoms with van der Waals surface area (Å²) in [6, 6.07) is 19.6. The molecule has 0 aliphatic rings. The number of rotatable bonds is 9. The van der Waals surface area contributed by atoms with Crippen molar-refractivity contribution < 1.29 is 55.2 Å². The van der Waals surface area contributed by atoms with Gasteiger partial charge in [-0.05, 0) is 60.5 Å². The number of nitrogens with one attached hydrogen (secondary N) is 1. The van der Waals surface area contributed by atoms with Crippen LogP contribution in [0.4, 0.5) is 5.69 Å². The largest absolute Gasteiger partial charge is 1.00 e. The van der Waals surface area contributed by atoms with Crippen molar-refractivity contribution in [1.29, 1.82) is 0 Å². The zero-order valence-corrected chi connectivity index (χ0v) is 24.8. The molecule has 0 saturated carbocycles. The predicted octanol–water partition coefficient (Wildman–Crippen LogP) is 2.01. The van der Waals surface area contributed by atoms with Crippen LogP contribution in [0.5, 0.6) is 5.88 Å². The molecular weight excluding hydrogens is 545 g/mol. The molecular formula is C29H25ClN3NaO6. The van der Waals surface area contributed by atoms with Gasteiger partial charge in [-0.2, -0.15) is 0 Å². The number of Topliss-reactive ketones (excluding diaryl/α,β-unsaturated/α-hetero) is 1. The van der Waals surface area contributed by atoms with E-state index >= 15 is 0 Å². The van der Waals surface area contributed by atoms with Crippen molar-refractivity contribution in [3.8, 4) is 17.0 Å². The molecule has 200 valence electrons. The van der Waals surface area contributed by atoms with E-state index in [9.17, 15) is 19.2 Å². The van der Waals surface area contributed by atoms with E-state index in [1.807, 2.05) is 30.3 Å². The zero-order valence-electron chi connectivity index (χ0n) is 23.1. The second-order valence-corrected chi connectivity index (χ2v) is 9.11. The van der Waals surface area contributed by atoms with Gasteiger partial charge in [0, 0.05) is 28.8 Å². The third-order valence-corrected chi connectivity index (χ3v) is 6.27. The molecule has 4 aromatic rings. The Bertz CT molecular complexity index is 1610. The molecule has 0 bridgehead atoms. The molecule has 1 unspecified atom stereocenters. The minimum absolute atomic E-state index is 0. The maximum Gasteiger partial charge on any atom is 1.00 e. The molecule has 3 aromatic carbocycles. The van der Waals surface area contributed by atoms with E-state index in [4.69, 9.17) is 21.4 Å². The number of halogens is 1. The quantitative estimate of drug-likeness (QED) is 0.233. The van der Waals surface area contributed by atoms with Crippen molar-refractivity contribution in [1.82, 2.24) is 9.78 Å². The Kier molecular flexibility index (Phi) is 10.4. The zero-order chi connectivity index (χ0) is 28.1. The van der Waals surface area contributed by atoms with E-state index in [1.165, 1.54) is 44.4 Å². The molecule has 2 N–H and O–H groups in total. The Balaban J connectivity index is 0.00000294. The fourth-order valence-electron chi connectivity index (χ4n) is 4.11. The van der Waals surface area contributed by atoms with Crippen LogP contribution in [0.25, 0.3) is 11.1 Å². The molecule has 9 nitrogen and oxygen atoms in total. The van der Waals surface area contributed by atoms with Gasteiger partial charge >= 0.3 is 35.5 Å². The summed E-state index contributed by atoms with van der Waals surface area (Å²) in [5.41, 5.74) is 1.57. The van der Waals surface area contributed by atoms with Crippen LogP contribution in [-0.2, 0) is 11.2 Å². The van der Waals surface area contributed by atoms with Crippen LogP contribution in [0.15, 0.2) is 83.7 Å². The van der Waals surface area contributed by atoms with E-state index in [0.29, 0.717) is 21.8 Å². The number of methoxy groups -OCH3 is 1. The van der Waals surface area contributed by atoms with Crippen molar-refractivity contribution in [3.05, 3.63) is 111 Å². The van der Waals surface area contributed by atoms with Gasteiger partial charge in [0.15, 0.2) is 5.78 Å². The minimum Gasteiger partial charge on any atom is -1.00 e. The number of carboxylic acid groups (broad SMARTS) is 1. The Morgan fingerprint density at radius 2 is 1.70 bits per heavy atom. The van der Waals surface area contributed by atoms with Gasteiger partial charge in [0.2, 0.25) is 11.8 Å². The number of hydrogen-bond acceptors (Lipinski definition) is 6. The topological polar surface area (TPSA) is 128 Å². The smallest absolute Gasteiger partial charge is 1.00 e. The van der Waals surface area contributed by atoms with Crippen molar-refractivity contribution in [2.45, 2.75) is 19.4 Å². The van der Waals surface area contributed by atoms with Gasteiger partial charge in [0.1, 0.15) is 6.04 Å². The van der Waals surface area contributed by atoms with E-state index in [-0.39, 0.29) is 60.2 Å². The van der Waals surface area contributed by atoms with Crippen LogP contribution >= 0.6 is 11.6 Å². The number of hydrogen-bond donors (Lipinski definition) is 2. The third-order valence-electron chi connectivity index (χ3n) is 6.04. The minimum atomic E-state index is -1.09. The van der Waals surface area contributed by atoms with Crippen LogP contribution in [0.2, 0.25) is 5.02 Å². The van der Waals surface area contributed by atoms with Crippen molar-refractivity contribution >= 4 is 34.9 Å². The Morgan fingerprint density at radius 3 is 2.30 bits per heavy atom. The number of ether oxygens (including phenoxy) is 1. The van der Waals surface area contributed by atoms with Crippen LogP contribution < -0.4 is 45.2 Å². The fourth-order valence-corrected chi connectivity index (χ4v) is 4.29. The van der Waals surface area contributed by atoms with Crippen LogP contribution in [0, 0.1) is 0 Å². The Hall–Kier alpha value is -3.76. The molecule has 40 heavy (non-hydrogen) atoms. The predicted molar refractivity (Wildman–Crippen MR) is 148 cm³/mol. The maximum absolute atomic E-state index is 13.5. The normalized spacial score (nSPS) is 11.2. The fraction of sp³-hybridized carbons (Fsp3) is 0.138. The number of nitrogens with zero attached hydrogens (tertiary/aromatic N) is 2. The molecule has 1 heterocycles. The standard InChI is InChI=1S/C29H24ClN3O6.Na.H/c1-17(34)22-13-10-20(30)15-23(22)24-16-26(35)33(32-28(24)39-2)25(14-18-6-4-3-5-7-18)27(36)31-21-11-8-19(9-12-21)29(37)38;;/h3-13,15-16,25H,14H2,1-2H3,(H,31,36)(H,37,38);;/q;+1;-1. The molecule has 0 radical (unpaired) electrons. The van der Waals surface area contributed by atoms with E-state index in [1.54, 1.807) is 18.2 Å². The summed E-state index contributed by atoms with van der Waals surface area (Å²) in [5.74, 6) is -1.84. The van der Waals surface area contributed by atoms with Gasteiger partial charge in [0.25, 0.3) is 5.56 Å². The summed E-state index contributed by atoms with van der Waals surface area (Å²) in [4.78, 5) is 50.4. The number of carbonyl (C=O) groups excluding carboxylic acids is 2. The maximum atomic E-state index is 13.5. The number of anilines is 1. The number of benzene rings is 3. The number of carbonyl (C=O) groups is 3. The molecule has 1 aromatic heterocycles. The summed E-state index contributed by atoms with van der Waals surface area (Å²) < 4.78 is 6.53. The number of carboxylic acids is 1. The first-order chi connectivity index (χ1) is 18.7. The van der Waals surface area contributed by atoms with Crippen molar-refractivity contribution in [2.75, 3.05) is 12.4 Å². The molecule has 0 saturated heterocycles. The summed E-state index contributed by atoms with van der Waals surface area (Å²) in [5, 5.41) is 16.6. The Morgan fingerprint density at radius 1 is 1.02 bits per heavy atom. The summed E-state index contributed by atoms with van der Waals surface area (Å²) in [6.07, 6.45) is 0.130. The first-order valence-electron chi connectivity index (χ1n) is 11.8. The molecule has 0 aliphatic carbocycles. The summed E-state index contributed by atoms with van der Waals surface area (Å²) in [7, 11) is 1.37. The number of aromatic nitrogens is 2. The van der Waals surface area contributed by atoms with Gasteiger partial charge in [-0.3, -0.25) is 14.4 Å². The van der Waals surface area contributed by atoms with Gasteiger partial charge in [-0.25, -0.2) is 9.48 Å². The average molecular weight is 570 g/mol. The first kappa shape index (κ1) is 30.8. The molecule has 1 amide bonds. The van der Waals surface area contributed by atoms with Crippen LogP contribution in [0.3, 0.4) is 0 Å². The Labute approximate surface area is 258 Å².